The number of likely N-dealkylation sites (tertiary alicyclic amines) is 1. The van der Waals surface area contributed by atoms with Gasteiger partial charge in [-0.15, -0.1) is 11.3 Å². The van der Waals surface area contributed by atoms with Gasteiger partial charge >= 0.3 is 0 Å². The fourth-order valence-corrected chi connectivity index (χ4v) is 5.52. The molecule has 3 rings (SSSR count). The SMILES string of the molecule is NCC1CCN(C(=O)c2ccc(S(=O)(=O)c3ccccc3)s2)CC1. The summed E-state index contributed by atoms with van der Waals surface area (Å²) in [7, 11) is -3.56. The van der Waals surface area contributed by atoms with Gasteiger partial charge in [0.2, 0.25) is 9.84 Å². The van der Waals surface area contributed by atoms with E-state index >= 15 is 0 Å². The Bertz CT molecular complexity index is 807. The zero-order valence-corrected chi connectivity index (χ0v) is 14.9. The number of amides is 1. The van der Waals surface area contributed by atoms with Crippen molar-refractivity contribution < 1.29 is 13.2 Å². The number of piperidine rings is 1. The Kier molecular flexibility index (Phi) is 5.03. The average molecular weight is 364 g/mol. The average Bonchev–Trinajstić information content (AvgIpc) is 3.13. The Labute approximate surface area is 146 Å². The summed E-state index contributed by atoms with van der Waals surface area (Å²) < 4.78 is 25.4. The van der Waals surface area contributed by atoms with E-state index < -0.39 is 9.84 Å². The van der Waals surface area contributed by atoms with Gasteiger partial charge in [-0.05, 0) is 49.6 Å². The molecule has 128 valence electrons. The molecular formula is C17H20N2O3S2. The van der Waals surface area contributed by atoms with Gasteiger partial charge in [-0.3, -0.25) is 4.79 Å². The van der Waals surface area contributed by atoms with Gasteiger partial charge < -0.3 is 10.6 Å². The monoisotopic (exact) mass is 364 g/mol. The zero-order valence-electron chi connectivity index (χ0n) is 13.2. The highest BCUT2D eigenvalue weighted by molar-refractivity contribution is 7.93. The predicted octanol–water partition coefficient (Wildman–Crippen LogP) is 2.39. The summed E-state index contributed by atoms with van der Waals surface area (Å²) in [4.78, 5) is 15.1. The number of thiophene rings is 1. The second-order valence-corrected chi connectivity index (χ2v) is 9.17. The lowest BCUT2D eigenvalue weighted by Gasteiger charge is -2.31. The van der Waals surface area contributed by atoms with Crippen LogP contribution in [0.1, 0.15) is 22.5 Å². The number of nitrogens with zero attached hydrogens (tertiary/aromatic N) is 1. The first-order valence-corrected chi connectivity index (χ1v) is 10.2. The van der Waals surface area contributed by atoms with E-state index in [0.29, 0.717) is 30.4 Å². The summed E-state index contributed by atoms with van der Waals surface area (Å²) in [5.41, 5.74) is 5.67. The number of carbonyl (C=O) groups is 1. The lowest BCUT2D eigenvalue weighted by atomic mass is 9.97. The van der Waals surface area contributed by atoms with Gasteiger partial charge in [-0.1, -0.05) is 18.2 Å². The quantitative estimate of drug-likeness (QED) is 0.903. The Morgan fingerprint density at radius 3 is 2.42 bits per heavy atom. The lowest BCUT2D eigenvalue weighted by molar-refractivity contribution is 0.0698. The third-order valence-corrected chi connectivity index (χ3v) is 7.68. The van der Waals surface area contributed by atoms with Crippen LogP contribution in [-0.2, 0) is 9.84 Å². The van der Waals surface area contributed by atoms with Crippen LogP contribution in [0.4, 0.5) is 0 Å². The fraction of sp³-hybridized carbons (Fsp3) is 0.353. The highest BCUT2D eigenvalue weighted by Gasteiger charge is 2.26. The van der Waals surface area contributed by atoms with E-state index in [1.165, 1.54) is 6.07 Å². The topological polar surface area (TPSA) is 80.5 Å². The molecule has 0 unspecified atom stereocenters. The first-order chi connectivity index (χ1) is 11.5. The lowest BCUT2D eigenvalue weighted by Crippen LogP contribution is -2.39. The third kappa shape index (κ3) is 3.38. The van der Waals surface area contributed by atoms with Crippen molar-refractivity contribution in [3.05, 3.63) is 47.3 Å². The molecule has 2 heterocycles. The maximum Gasteiger partial charge on any atom is 0.263 e. The molecule has 0 spiro atoms. The number of hydrogen-bond acceptors (Lipinski definition) is 5. The fourth-order valence-electron chi connectivity index (χ4n) is 2.82. The number of benzene rings is 1. The van der Waals surface area contributed by atoms with E-state index in [9.17, 15) is 13.2 Å². The standard InChI is InChI=1S/C17H20N2O3S2/c18-12-13-8-10-19(11-9-13)17(20)15-6-7-16(23-15)24(21,22)14-4-2-1-3-5-14/h1-7,13H,8-12,18H2. The summed E-state index contributed by atoms with van der Waals surface area (Å²) in [5, 5.41) is 0. The van der Waals surface area contributed by atoms with Crippen molar-refractivity contribution in [2.75, 3.05) is 19.6 Å². The Balaban J connectivity index is 1.77. The molecule has 1 aromatic carbocycles. The molecule has 1 saturated heterocycles. The third-order valence-electron chi connectivity index (χ3n) is 4.35. The molecule has 1 aliphatic heterocycles. The number of carbonyl (C=O) groups excluding carboxylic acids is 1. The molecule has 1 fully saturated rings. The number of sulfone groups is 1. The van der Waals surface area contributed by atoms with Crippen molar-refractivity contribution in [2.45, 2.75) is 21.9 Å². The van der Waals surface area contributed by atoms with E-state index in [0.717, 1.165) is 24.2 Å². The molecule has 0 radical (unpaired) electrons. The van der Waals surface area contributed by atoms with Gasteiger partial charge in [-0.2, -0.15) is 0 Å². The molecule has 0 atom stereocenters. The van der Waals surface area contributed by atoms with Crippen LogP contribution in [0.25, 0.3) is 0 Å². The molecule has 1 amide bonds. The predicted molar refractivity (Wildman–Crippen MR) is 93.9 cm³/mol. The first-order valence-electron chi connectivity index (χ1n) is 7.91. The van der Waals surface area contributed by atoms with E-state index in [2.05, 4.69) is 0 Å². The molecule has 24 heavy (non-hydrogen) atoms. The zero-order chi connectivity index (χ0) is 17.2. The molecule has 2 N–H and O–H groups in total. The minimum atomic E-state index is -3.56. The van der Waals surface area contributed by atoms with Crippen LogP contribution in [0.2, 0.25) is 0 Å². The van der Waals surface area contributed by atoms with Crippen LogP contribution in [0.3, 0.4) is 0 Å². The van der Waals surface area contributed by atoms with Crippen molar-refractivity contribution >= 4 is 27.1 Å². The van der Waals surface area contributed by atoms with Crippen molar-refractivity contribution in [1.29, 1.82) is 0 Å². The van der Waals surface area contributed by atoms with Crippen LogP contribution in [0, 0.1) is 5.92 Å². The molecule has 5 nitrogen and oxygen atoms in total. The van der Waals surface area contributed by atoms with Crippen LogP contribution in [0.15, 0.2) is 51.6 Å². The smallest absolute Gasteiger partial charge is 0.263 e. The molecule has 0 aliphatic carbocycles. The van der Waals surface area contributed by atoms with Gasteiger partial charge in [0.1, 0.15) is 4.21 Å². The van der Waals surface area contributed by atoms with E-state index in [-0.39, 0.29) is 15.0 Å². The van der Waals surface area contributed by atoms with Gasteiger partial charge in [0.15, 0.2) is 0 Å². The minimum Gasteiger partial charge on any atom is -0.338 e. The number of hydrogen-bond donors (Lipinski definition) is 1. The maximum atomic E-state index is 12.6. The molecule has 0 bridgehead atoms. The van der Waals surface area contributed by atoms with Crippen molar-refractivity contribution in [3.8, 4) is 0 Å². The number of rotatable bonds is 4. The van der Waals surface area contributed by atoms with Crippen LogP contribution < -0.4 is 5.73 Å². The molecule has 2 aromatic rings. The molecule has 1 aliphatic rings. The summed E-state index contributed by atoms with van der Waals surface area (Å²) in [6, 6.07) is 11.4. The highest BCUT2D eigenvalue weighted by atomic mass is 32.2. The largest absolute Gasteiger partial charge is 0.338 e. The van der Waals surface area contributed by atoms with E-state index in [1.54, 1.807) is 41.3 Å². The van der Waals surface area contributed by atoms with Crippen LogP contribution in [-0.4, -0.2) is 38.9 Å². The number of nitrogens with two attached hydrogens (primary N) is 1. The molecule has 0 saturated carbocycles. The minimum absolute atomic E-state index is 0.0926. The highest BCUT2D eigenvalue weighted by Crippen LogP contribution is 2.29. The maximum absolute atomic E-state index is 12.6. The van der Waals surface area contributed by atoms with Gasteiger partial charge in [0.25, 0.3) is 5.91 Å². The first kappa shape index (κ1) is 17.1. The Morgan fingerprint density at radius 2 is 1.79 bits per heavy atom. The second kappa shape index (κ2) is 7.04. The molecule has 1 aromatic heterocycles. The summed E-state index contributed by atoms with van der Waals surface area (Å²) >= 11 is 1.04. The van der Waals surface area contributed by atoms with Crippen molar-refractivity contribution in [3.63, 3.8) is 0 Å². The van der Waals surface area contributed by atoms with Crippen LogP contribution in [0.5, 0.6) is 0 Å². The van der Waals surface area contributed by atoms with Crippen molar-refractivity contribution in [1.82, 2.24) is 4.90 Å². The Hall–Kier alpha value is -1.70. The van der Waals surface area contributed by atoms with Gasteiger partial charge in [0.05, 0.1) is 9.77 Å². The van der Waals surface area contributed by atoms with Crippen LogP contribution >= 0.6 is 11.3 Å². The summed E-state index contributed by atoms with van der Waals surface area (Å²) in [5.74, 6) is 0.386. The van der Waals surface area contributed by atoms with E-state index in [4.69, 9.17) is 5.73 Å². The van der Waals surface area contributed by atoms with Gasteiger partial charge in [-0.25, -0.2) is 8.42 Å². The van der Waals surface area contributed by atoms with E-state index in [1.807, 2.05) is 0 Å². The summed E-state index contributed by atoms with van der Waals surface area (Å²) in [6.07, 6.45) is 1.81. The molecular weight excluding hydrogens is 344 g/mol. The normalized spacial score (nSPS) is 16.3. The second-order valence-electron chi connectivity index (χ2n) is 5.91. The van der Waals surface area contributed by atoms with Crippen molar-refractivity contribution in [2.24, 2.45) is 11.7 Å². The molecule has 7 heteroatoms. The van der Waals surface area contributed by atoms with Gasteiger partial charge in [0, 0.05) is 13.1 Å². The summed E-state index contributed by atoms with van der Waals surface area (Å²) in [6.45, 7) is 2.01. The Morgan fingerprint density at radius 1 is 1.12 bits per heavy atom.